The summed E-state index contributed by atoms with van der Waals surface area (Å²) in [5.74, 6) is 0. The van der Waals surface area contributed by atoms with Crippen LogP contribution in [0.4, 0.5) is 0 Å². The molecule has 0 fully saturated rings. The lowest BCUT2D eigenvalue weighted by atomic mass is 10.2. The summed E-state index contributed by atoms with van der Waals surface area (Å²) in [4.78, 5) is 4.59. The monoisotopic (exact) mass is 278 g/mol. The first-order valence-corrected chi connectivity index (χ1v) is 7.25. The molecule has 0 spiro atoms. The second kappa shape index (κ2) is 8.05. The molecule has 2 aromatic carbocycles. The van der Waals surface area contributed by atoms with E-state index in [4.69, 9.17) is 0 Å². The van der Waals surface area contributed by atoms with Crippen LogP contribution in [0.2, 0.25) is 0 Å². The second-order valence-electron chi connectivity index (χ2n) is 5.11. The fourth-order valence-corrected chi connectivity index (χ4v) is 2.05. The van der Waals surface area contributed by atoms with Gasteiger partial charge in [-0.3, -0.25) is 4.99 Å². The van der Waals surface area contributed by atoms with Gasteiger partial charge in [-0.05, 0) is 31.1 Å². The van der Waals surface area contributed by atoms with Crippen molar-refractivity contribution in [1.82, 2.24) is 5.32 Å². The molecule has 2 nitrogen and oxygen atoms in total. The molecule has 0 heterocycles. The molecule has 0 aliphatic heterocycles. The second-order valence-corrected chi connectivity index (χ2v) is 5.11. The summed E-state index contributed by atoms with van der Waals surface area (Å²) in [6, 6.07) is 20.7. The molecule has 1 N–H and O–H groups in total. The molecule has 0 aliphatic carbocycles. The first-order chi connectivity index (χ1) is 10.2. The Labute approximate surface area is 127 Å². The number of nitrogens with zero attached hydrogens (tertiary/aromatic N) is 1. The lowest BCUT2D eigenvalue weighted by Crippen LogP contribution is -2.11. The zero-order chi connectivity index (χ0) is 14.9. The average molecular weight is 278 g/mol. The smallest absolute Gasteiger partial charge is 0.0642 e. The fraction of sp³-hybridized carbons (Fsp3) is 0.211. The maximum Gasteiger partial charge on any atom is 0.0642 e. The van der Waals surface area contributed by atoms with Crippen LogP contribution < -0.4 is 5.32 Å². The van der Waals surface area contributed by atoms with Gasteiger partial charge in [0.05, 0.1) is 6.54 Å². The van der Waals surface area contributed by atoms with Crippen LogP contribution in [0.25, 0.3) is 0 Å². The maximum absolute atomic E-state index is 4.59. The summed E-state index contributed by atoms with van der Waals surface area (Å²) < 4.78 is 0. The van der Waals surface area contributed by atoms with Crippen molar-refractivity contribution < 1.29 is 0 Å². The molecule has 0 aliphatic rings. The van der Waals surface area contributed by atoms with Crippen molar-refractivity contribution >= 4 is 5.71 Å². The first kappa shape index (κ1) is 15.0. The summed E-state index contributed by atoms with van der Waals surface area (Å²) in [6.07, 6.45) is 2.09. The highest BCUT2D eigenvalue weighted by Crippen LogP contribution is 2.02. The highest BCUT2D eigenvalue weighted by Gasteiger charge is 1.94. The molecule has 0 radical (unpaired) electrons. The van der Waals surface area contributed by atoms with Crippen LogP contribution in [-0.4, -0.2) is 5.71 Å². The maximum atomic E-state index is 4.59. The largest absolute Gasteiger partial charge is 0.384 e. The molecule has 21 heavy (non-hydrogen) atoms. The van der Waals surface area contributed by atoms with E-state index in [1.54, 1.807) is 0 Å². The summed E-state index contributed by atoms with van der Waals surface area (Å²) in [7, 11) is 0. The molecule has 2 heteroatoms. The molecule has 108 valence electrons. The van der Waals surface area contributed by atoms with Gasteiger partial charge in [-0.1, -0.05) is 60.7 Å². The average Bonchev–Trinajstić information content (AvgIpc) is 2.53. The van der Waals surface area contributed by atoms with E-state index in [0.29, 0.717) is 0 Å². The van der Waals surface area contributed by atoms with Crippen LogP contribution in [0.5, 0.6) is 0 Å². The van der Waals surface area contributed by atoms with Gasteiger partial charge < -0.3 is 5.32 Å². The predicted octanol–water partition coefficient (Wildman–Crippen LogP) is 4.34. The van der Waals surface area contributed by atoms with Gasteiger partial charge in [0.25, 0.3) is 0 Å². The van der Waals surface area contributed by atoms with Crippen molar-refractivity contribution in [2.75, 3.05) is 0 Å². The molecule has 0 saturated heterocycles. The quantitative estimate of drug-likeness (QED) is 0.781. The third-order valence-corrected chi connectivity index (χ3v) is 3.19. The van der Waals surface area contributed by atoms with Crippen LogP contribution >= 0.6 is 0 Å². The number of aliphatic imine (C=N–C) groups is 1. The van der Waals surface area contributed by atoms with E-state index < -0.39 is 0 Å². The topological polar surface area (TPSA) is 24.4 Å². The normalized spacial score (nSPS) is 12.3. The molecule has 0 saturated carbocycles. The van der Waals surface area contributed by atoms with E-state index in [1.165, 1.54) is 11.1 Å². The van der Waals surface area contributed by atoms with Crippen molar-refractivity contribution in [3.63, 3.8) is 0 Å². The van der Waals surface area contributed by atoms with Crippen molar-refractivity contribution in [3.05, 3.63) is 83.6 Å². The van der Waals surface area contributed by atoms with E-state index >= 15 is 0 Å². The number of nitrogens with one attached hydrogen (secondary N) is 1. The molecule has 0 unspecified atom stereocenters. The third kappa shape index (κ3) is 5.65. The number of benzene rings is 2. The number of hydrogen-bond donors (Lipinski definition) is 1. The minimum absolute atomic E-state index is 0.731. The Morgan fingerprint density at radius 1 is 0.905 bits per heavy atom. The Morgan fingerprint density at radius 2 is 1.48 bits per heavy atom. The minimum atomic E-state index is 0.731. The van der Waals surface area contributed by atoms with Gasteiger partial charge in [-0.25, -0.2) is 0 Å². The summed E-state index contributed by atoms with van der Waals surface area (Å²) in [6.45, 7) is 5.69. The minimum Gasteiger partial charge on any atom is -0.384 e. The summed E-state index contributed by atoms with van der Waals surface area (Å²) >= 11 is 0. The van der Waals surface area contributed by atoms with Gasteiger partial charge in [0, 0.05) is 18.0 Å². The van der Waals surface area contributed by atoms with Crippen LogP contribution in [0.1, 0.15) is 25.0 Å². The predicted molar refractivity (Wildman–Crippen MR) is 90.3 cm³/mol. The Kier molecular flexibility index (Phi) is 5.77. The van der Waals surface area contributed by atoms with Crippen molar-refractivity contribution in [2.45, 2.75) is 26.9 Å². The van der Waals surface area contributed by atoms with Gasteiger partial charge in [0.15, 0.2) is 0 Å². The van der Waals surface area contributed by atoms with Gasteiger partial charge >= 0.3 is 0 Å². The summed E-state index contributed by atoms with van der Waals surface area (Å²) in [5, 5.41) is 3.41. The van der Waals surface area contributed by atoms with E-state index in [-0.39, 0.29) is 0 Å². The summed E-state index contributed by atoms with van der Waals surface area (Å²) in [5.41, 5.74) is 4.69. The van der Waals surface area contributed by atoms with Crippen LogP contribution in [-0.2, 0) is 13.1 Å². The van der Waals surface area contributed by atoms with Crippen LogP contribution in [0, 0.1) is 0 Å². The van der Waals surface area contributed by atoms with Gasteiger partial charge in [0.2, 0.25) is 0 Å². The Balaban J connectivity index is 1.86. The van der Waals surface area contributed by atoms with Crippen LogP contribution in [0.15, 0.2) is 77.4 Å². The molecule has 0 bridgehead atoms. The molecule has 2 aromatic rings. The van der Waals surface area contributed by atoms with Gasteiger partial charge in [-0.2, -0.15) is 0 Å². The standard InChI is InChI=1S/C19H22N2/c1-16(20-14-18-9-5-3-6-10-18)13-17(2)21-15-19-11-7-4-8-12-19/h3-13,20H,14-15H2,1-2H3/b16-13+,21-17?. The highest BCUT2D eigenvalue weighted by atomic mass is 14.9. The van der Waals surface area contributed by atoms with Gasteiger partial charge in [0.1, 0.15) is 0 Å². The molecule has 0 atom stereocenters. The van der Waals surface area contributed by atoms with E-state index in [9.17, 15) is 0 Å². The molecule has 0 aromatic heterocycles. The van der Waals surface area contributed by atoms with E-state index in [1.807, 2.05) is 31.2 Å². The van der Waals surface area contributed by atoms with E-state index in [0.717, 1.165) is 24.5 Å². The van der Waals surface area contributed by atoms with E-state index in [2.05, 4.69) is 59.7 Å². The number of rotatable bonds is 6. The SMILES string of the molecule is CC(/C=C(\C)NCc1ccccc1)=NCc1ccccc1. The molecule has 2 rings (SSSR count). The fourth-order valence-electron chi connectivity index (χ4n) is 2.05. The van der Waals surface area contributed by atoms with Crippen molar-refractivity contribution in [3.8, 4) is 0 Å². The Morgan fingerprint density at radius 3 is 2.10 bits per heavy atom. The molecular formula is C19H22N2. The molecular weight excluding hydrogens is 256 g/mol. The third-order valence-electron chi connectivity index (χ3n) is 3.19. The van der Waals surface area contributed by atoms with Crippen molar-refractivity contribution in [2.24, 2.45) is 4.99 Å². The zero-order valence-electron chi connectivity index (χ0n) is 12.7. The van der Waals surface area contributed by atoms with Gasteiger partial charge in [-0.15, -0.1) is 0 Å². The Hall–Kier alpha value is -2.35. The molecule has 0 amide bonds. The first-order valence-electron chi connectivity index (χ1n) is 7.25. The lowest BCUT2D eigenvalue weighted by Gasteiger charge is -2.06. The highest BCUT2D eigenvalue weighted by molar-refractivity contribution is 5.93. The van der Waals surface area contributed by atoms with Crippen LogP contribution in [0.3, 0.4) is 0 Å². The number of hydrogen-bond acceptors (Lipinski definition) is 2. The Bertz CT molecular complexity index is 598. The van der Waals surface area contributed by atoms with Crippen molar-refractivity contribution in [1.29, 1.82) is 0 Å². The lowest BCUT2D eigenvalue weighted by molar-refractivity contribution is 0.813. The number of allylic oxidation sites excluding steroid dienone is 2. The zero-order valence-corrected chi connectivity index (χ0v) is 12.7.